The summed E-state index contributed by atoms with van der Waals surface area (Å²) in [6.45, 7) is 8.78. The molecule has 7 heteroatoms. The molecule has 1 fully saturated rings. The number of benzene rings is 2. The number of carbonyl (C=O) groups excluding carboxylic acids is 1. The normalized spacial score (nSPS) is 14.8. The van der Waals surface area contributed by atoms with E-state index >= 15 is 0 Å². The number of rotatable bonds is 9. The van der Waals surface area contributed by atoms with E-state index in [9.17, 15) is 4.79 Å². The van der Waals surface area contributed by atoms with Crippen LogP contribution in [0, 0.1) is 0 Å². The maximum Gasteiger partial charge on any atom is 0.270 e. The molecule has 0 aromatic heterocycles. The first-order chi connectivity index (χ1) is 15.4. The van der Waals surface area contributed by atoms with Gasteiger partial charge in [0.05, 0.1) is 23.8 Å². The van der Waals surface area contributed by atoms with E-state index in [0.29, 0.717) is 34.6 Å². The number of ether oxygens (including phenoxy) is 2. The van der Waals surface area contributed by atoms with Gasteiger partial charge in [-0.15, -0.1) is 6.58 Å². The van der Waals surface area contributed by atoms with Crippen molar-refractivity contribution in [2.75, 3.05) is 37.1 Å². The predicted molar refractivity (Wildman–Crippen MR) is 139 cm³/mol. The Balaban J connectivity index is 1.96. The number of hydrogen-bond donors (Lipinski definition) is 0. The Hall–Kier alpha value is -2.77. The van der Waals surface area contributed by atoms with Crippen molar-refractivity contribution in [1.82, 2.24) is 0 Å². The minimum Gasteiger partial charge on any atom is -0.490 e. The van der Waals surface area contributed by atoms with Gasteiger partial charge in [-0.05, 0) is 68.3 Å². The molecule has 1 amide bonds. The van der Waals surface area contributed by atoms with Crippen LogP contribution in [0.15, 0.2) is 54.0 Å². The minimum atomic E-state index is -0.130. The highest BCUT2D eigenvalue weighted by Gasteiger charge is 2.33. The van der Waals surface area contributed by atoms with Gasteiger partial charge in [-0.1, -0.05) is 30.1 Å². The Kier molecular flexibility index (Phi) is 7.99. The molecule has 0 unspecified atom stereocenters. The summed E-state index contributed by atoms with van der Waals surface area (Å²) in [7, 11) is 3.95. The average Bonchev–Trinajstić information content (AvgIpc) is 3.03. The lowest BCUT2D eigenvalue weighted by molar-refractivity contribution is -0.113. The number of anilines is 2. The number of carbonyl (C=O) groups is 1. The van der Waals surface area contributed by atoms with Crippen LogP contribution in [0.3, 0.4) is 0 Å². The van der Waals surface area contributed by atoms with E-state index in [1.165, 1.54) is 11.8 Å². The summed E-state index contributed by atoms with van der Waals surface area (Å²) in [4.78, 5) is 17.4. The molecule has 1 aliphatic heterocycles. The van der Waals surface area contributed by atoms with E-state index in [1.54, 1.807) is 4.90 Å². The maximum atomic E-state index is 13.2. The van der Waals surface area contributed by atoms with Crippen LogP contribution in [0.1, 0.15) is 25.0 Å². The second kappa shape index (κ2) is 10.7. The lowest BCUT2D eigenvalue weighted by atomic mass is 10.0. The van der Waals surface area contributed by atoms with Crippen molar-refractivity contribution in [2.24, 2.45) is 0 Å². The van der Waals surface area contributed by atoms with Crippen LogP contribution in [0.5, 0.6) is 11.5 Å². The third kappa shape index (κ3) is 5.16. The topological polar surface area (TPSA) is 42.0 Å². The van der Waals surface area contributed by atoms with E-state index in [4.69, 9.17) is 21.7 Å². The molecule has 0 spiro atoms. The molecule has 168 valence electrons. The van der Waals surface area contributed by atoms with Crippen molar-refractivity contribution in [3.05, 3.63) is 65.1 Å². The van der Waals surface area contributed by atoms with Gasteiger partial charge in [0.25, 0.3) is 5.91 Å². The highest BCUT2D eigenvalue weighted by molar-refractivity contribution is 8.27. The highest BCUT2D eigenvalue weighted by Crippen LogP contribution is 2.39. The number of allylic oxidation sites excluding steroid dienone is 1. The Morgan fingerprint density at radius 1 is 1.12 bits per heavy atom. The van der Waals surface area contributed by atoms with E-state index in [0.717, 1.165) is 28.3 Å². The zero-order chi connectivity index (χ0) is 23.3. The second-order valence-corrected chi connectivity index (χ2v) is 8.97. The number of nitrogens with zero attached hydrogens (tertiary/aromatic N) is 2. The summed E-state index contributed by atoms with van der Waals surface area (Å²) >= 11 is 6.83. The molecular formula is C25H28N2O3S2. The first-order valence-corrected chi connectivity index (χ1v) is 11.7. The number of thiocarbonyl (C=S) groups is 1. The lowest BCUT2D eigenvalue weighted by Crippen LogP contribution is -2.27. The second-order valence-electron chi connectivity index (χ2n) is 7.29. The Morgan fingerprint density at radius 2 is 1.81 bits per heavy atom. The molecule has 1 heterocycles. The molecule has 0 N–H and O–H groups in total. The predicted octanol–water partition coefficient (Wildman–Crippen LogP) is 5.68. The van der Waals surface area contributed by atoms with Crippen LogP contribution in [0.25, 0.3) is 6.08 Å². The van der Waals surface area contributed by atoms with Crippen LogP contribution in [-0.2, 0) is 11.2 Å². The lowest BCUT2D eigenvalue weighted by Gasteiger charge is -2.17. The summed E-state index contributed by atoms with van der Waals surface area (Å²) in [5, 5.41) is 0. The highest BCUT2D eigenvalue weighted by atomic mass is 32.2. The van der Waals surface area contributed by atoms with Crippen LogP contribution < -0.4 is 19.3 Å². The minimum absolute atomic E-state index is 0.130. The van der Waals surface area contributed by atoms with Gasteiger partial charge in [-0.2, -0.15) is 0 Å². The monoisotopic (exact) mass is 468 g/mol. The van der Waals surface area contributed by atoms with Gasteiger partial charge >= 0.3 is 0 Å². The van der Waals surface area contributed by atoms with Gasteiger partial charge in [-0.25, -0.2) is 0 Å². The van der Waals surface area contributed by atoms with Gasteiger partial charge in [-0.3, -0.25) is 9.69 Å². The zero-order valence-electron chi connectivity index (χ0n) is 18.9. The summed E-state index contributed by atoms with van der Waals surface area (Å²) in [6, 6.07) is 11.7. The van der Waals surface area contributed by atoms with Crippen LogP contribution in [0.4, 0.5) is 11.4 Å². The van der Waals surface area contributed by atoms with Crippen LogP contribution in [0.2, 0.25) is 0 Å². The molecule has 2 aromatic rings. The Morgan fingerprint density at radius 3 is 2.41 bits per heavy atom. The van der Waals surface area contributed by atoms with Gasteiger partial charge in [0.15, 0.2) is 15.8 Å². The molecule has 3 rings (SSSR count). The van der Waals surface area contributed by atoms with Crippen LogP contribution in [-0.4, -0.2) is 37.5 Å². The largest absolute Gasteiger partial charge is 0.490 e. The summed E-state index contributed by atoms with van der Waals surface area (Å²) in [5.41, 5.74) is 3.64. The zero-order valence-corrected chi connectivity index (χ0v) is 20.5. The smallest absolute Gasteiger partial charge is 0.270 e. The van der Waals surface area contributed by atoms with Gasteiger partial charge in [0.2, 0.25) is 0 Å². The van der Waals surface area contributed by atoms with Crippen molar-refractivity contribution < 1.29 is 14.3 Å². The Labute approximate surface area is 199 Å². The van der Waals surface area contributed by atoms with Gasteiger partial charge in [0.1, 0.15) is 0 Å². The molecule has 5 nitrogen and oxygen atoms in total. The molecule has 2 aromatic carbocycles. The molecule has 0 saturated carbocycles. The third-order valence-electron chi connectivity index (χ3n) is 4.82. The quantitative estimate of drug-likeness (QED) is 0.268. The molecule has 1 saturated heterocycles. The average molecular weight is 469 g/mol. The molecular weight excluding hydrogens is 440 g/mol. The van der Waals surface area contributed by atoms with Crippen molar-refractivity contribution in [1.29, 1.82) is 0 Å². The van der Waals surface area contributed by atoms with E-state index in [2.05, 4.69) is 6.58 Å². The fourth-order valence-corrected chi connectivity index (χ4v) is 4.69. The fourth-order valence-electron chi connectivity index (χ4n) is 3.39. The number of thioether (sulfide) groups is 1. The number of amides is 1. The molecule has 32 heavy (non-hydrogen) atoms. The molecule has 0 radical (unpaired) electrons. The first-order valence-electron chi connectivity index (χ1n) is 10.5. The fraction of sp³-hybridized carbons (Fsp3) is 0.280. The SMILES string of the molecule is C=CCc1cc(/C=C2/SC(=S)N(c3ccc(N(C)C)cc3)C2=O)cc(OCC)c1OCC. The van der Waals surface area contributed by atoms with Gasteiger partial charge < -0.3 is 14.4 Å². The summed E-state index contributed by atoms with van der Waals surface area (Å²) < 4.78 is 12.2. The molecule has 0 bridgehead atoms. The summed E-state index contributed by atoms with van der Waals surface area (Å²) in [5.74, 6) is 1.25. The first kappa shape index (κ1) is 23.9. The van der Waals surface area contributed by atoms with E-state index < -0.39 is 0 Å². The van der Waals surface area contributed by atoms with Crippen molar-refractivity contribution in [2.45, 2.75) is 20.3 Å². The van der Waals surface area contributed by atoms with E-state index in [1.807, 2.05) is 81.4 Å². The van der Waals surface area contributed by atoms with Crippen molar-refractivity contribution >= 4 is 51.7 Å². The number of hydrogen-bond acceptors (Lipinski definition) is 6. The van der Waals surface area contributed by atoms with Gasteiger partial charge in [0, 0.05) is 25.3 Å². The third-order valence-corrected chi connectivity index (χ3v) is 6.12. The molecule has 0 aliphatic carbocycles. The standard InChI is InChI=1S/C25H28N2O3S2/c1-6-9-18-14-17(15-21(29-7-2)23(18)30-8-3)16-22-24(28)27(25(31)32-22)20-12-10-19(11-13-20)26(4)5/h6,10-16H,1,7-9H2,2-5H3/b22-16+. The van der Waals surface area contributed by atoms with Crippen LogP contribution >= 0.6 is 24.0 Å². The Bertz CT molecular complexity index is 1050. The molecule has 1 aliphatic rings. The maximum absolute atomic E-state index is 13.2. The molecule has 0 atom stereocenters. The van der Waals surface area contributed by atoms with Crippen molar-refractivity contribution in [3.8, 4) is 11.5 Å². The summed E-state index contributed by atoms with van der Waals surface area (Å²) in [6.07, 6.45) is 4.32. The van der Waals surface area contributed by atoms with Crippen molar-refractivity contribution in [3.63, 3.8) is 0 Å². The van der Waals surface area contributed by atoms with E-state index in [-0.39, 0.29) is 5.91 Å².